The fourth-order valence-electron chi connectivity index (χ4n) is 4.39. The second kappa shape index (κ2) is 4.82. The van der Waals surface area contributed by atoms with Crippen LogP contribution in [0.3, 0.4) is 0 Å². The highest BCUT2D eigenvalue weighted by atomic mass is 15.3. The van der Waals surface area contributed by atoms with E-state index in [1.807, 2.05) is 12.4 Å². The van der Waals surface area contributed by atoms with Crippen molar-refractivity contribution in [1.29, 1.82) is 0 Å². The first-order valence-corrected chi connectivity index (χ1v) is 8.85. The summed E-state index contributed by atoms with van der Waals surface area (Å²) in [6.45, 7) is 0.883. The molecule has 0 bridgehead atoms. The van der Waals surface area contributed by atoms with E-state index in [9.17, 15) is 0 Å². The Balaban J connectivity index is 1.87. The van der Waals surface area contributed by atoms with Crippen LogP contribution in [0.1, 0.15) is 5.56 Å². The second-order valence-corrected chi connectivity index (χ2v) is 6.86. The minimum absolute atomic E-state index is 0.883. The third-order valence-electron chi connectivity index (χ3n) is 5.49. The van der Waals surface area contributed by atoms with Crippen molar-refractivity contribution in [2.45, 2.75) is 6.54 Å². The highest BCUT2D eigenvalue weighted by molar-refractivity contribution is 6.05. The molecule has 5 aromatic rings. The van der Waals surface area contributed by atoms with Crippen molar-refractivity contribution in [2.24, 2.45) is 7.05 Å². The van der Waals surface area contributed by atoms with E-state index < -0.39 is 0 Å². The molecule has 3 aromatic heterocycles. The molecular formula is C22H17N4+. The van der Waals surface area contributed by atoms with E-state index in [0.717, 1.165) is 6.54 Å². The van der Waals surface area contributed by atoms with Gasteiger partial charge in [0, 0.05) is 18.0 Å². The van der Waals surface area contributed by atoms with Crippen molar-refractivity contribution < 1.29 is 4.57 Å². The van der Waals surface area contributed by atoms with Crippen LogP contribution in [-0.4, -0.2) is 14.1 Å². The molecule has 124 valence electrons. The number of pyridine rings is 1. The van der Waals surface area contributed by atoms with Crippen molar-refractivity contribution in [3.63, 3.8) is 0 Å². The molecular weight excluding hydrogens is 320 g/mol. The Morgan fingerprint density at radius 1 is 0.962 bits per heavy atom. The van der Waals surface area contributed by atoms with Gasteiger partial charge >= 0.3 is 0 Å². The Bertz CT molecular complexity index is 1310. The third kappa shape index (κ3) is 1.59. The van der Waals surface area contributed by atoms with E-state index >= 15 is 0 Å². The van der Waals surface area contributed by atoms with Gasteiger partial charge < -0.3 is 0 Å². The Labute approximate surface area is 150 Å². The van der Waals surface area contributed by atoms with Gasteiger partial charge in [-0.05, 0) is 30.3 Å². The second-order valence-electron chi connectivity index (χ2n) is 6.86. The highest BCUT2D eigenvalue weighted by Crippen LogP contribution is 2.37. The van der Waals surface area contributed by atoms with Crippen LogP contribution in [0.2, 0.25) is 0 Å². The number of hydrogen-bond acceptors (Lipinski definition) is 1. The lowest BCUT2D eigenvalue weighted by molar-refractivity contribution is -0.648. The number of aromatic nitrogens is 4. The summed E-state index contributed by atoms with van der Waals surface area (Å²) in [6, 6.07) is 21.4. The molecule has 4 heterocycles. The quantitative estimate of drug-likeness (QED) is 0.419. The number of hydrogen-bond donors (Lipinski definition) is 0. The molecule has 1 aliphatic heterocycles. The molecule has 4 heteroatoms. The van der Waals surface area contributed by atoms with E-state index in [1.165, 1.54) is 44.7 Å². The van der Waals surface area contributed by atoms with Gasteiger partial charge in [-0.1, -0.05) is 30.3 Å². The average molecular weight is 337 g/mol. The Hall–Kier alpha value is -3.40. The van der Waals surface area contributed by atoms with Crippen LogP contribution in [0, 0.1) is 0 Å². The molecule has 0 saturated heterocycles. The number of aryl methyl sites for hydroxylation is 1. The van der Waals surface area contributed by atoms with Crippen LogP contribution < -0.4 is 4.57 Å². The largest absolute Gasteiger partial charge is 0.270 e. The van der Waals surface area contributed by atoms with E-state index in [-0.39, 0.29) is 0 Å². The molecule has 0 fully saturated rings. The summed E-state index contributed by atoms with van der Waals surface area (Å²) in [5, 5.41) is 1.28. The summed E-state index contributed by atoms with van der Waals surface area (Å²) in [5.41, 5.74) is 7.49. The van der Waals surface area contributed by atoms with Crippen LogP contribution in [0.4, 0.5) is 0 Å². The number of rotatable bonds is 1. The zero-order chi connectivity index (χ0) is 17.3. The van der Waals surface area contributed by atoms with Crippen molar-refractivity contribution in [2.75, 3.05) is 0 Å². The molecule has 0 spiro atoms. The minimum Gasteiger partial charge on any atom is -0.264 e. The lowest BCUT2D eigenvalue weighted by Crippen LogP contribution is -2.33. The predicted molar refractivity (Wildman–Crippen MR) is 102 cm³/mol. The molecule has 0 atom stereocenters. The minimum atomic E-state index is 0.883. The molecule has 26 heavy (non-hydrogen) atoms. The molecule has 4 nitrogen and oxygen atoms in total. The van der Waals surface area contributed by atoms with Gasteiger partial charge in [0.05, 0.1) is 24.5 Å². The highest BCUT2D eigenvalue weighted by Gasteiger charge is 2.36. The van der Waals surface area contributed by atoms with E-state index in [2.05, 4.69) is 86.4 Å². The molecule has 0 unspecified atom stereocenters. The summed E-state index contributed by atoms with van der Waals surface area (Å²) >= 11 is 0. The van der Waals surface area contributed by atoms with Gasteiger partial charge in [-0.2, -0.15) is 0 Å². The van der Waals surface area contributed by atoms with E-state index in [1.54, 1.807) is 0 Å². The summed E-state index contributed by atoms with van der Waals surface area (Å²) in [4.78, 5) is 4.40. The van der Waals surface area contributed by atoms with Crippen LogP contribution in [-0.2, 0) is 13.6 Å². The first-order chi connectivity index (χ1) is 12.8. The lowest BCUT2D eigenvalue weighted by Gasteiger charge is -2.04. The first-order valence-electron chi connectivity index (χ1n) is 8.85. The number of benzene rings is 2. The number of para-hydroxylation sites is 2. The van der Waals surface area contributed by atoms with Gasteiger partial charge in [-0.15, -0.1) is 0 Å². The summed E-state index contributed by atoms with van der Waals surface area (Å²) in [6.07, 6.45) is 3.88. The van der Waals surface area contributed by atoms with Gasteiger partial charge in [0.25, 0.3) is 5.65 Å². The van der Waals surface area contributed by atoms with Crippen LogP contribution in [0.15, 0.2) is 73.1 Å². The van der Waals surface area contributed by atoms with Crippen LogP contribution >= 0.6 is 0 Å². The zero-order valence-corrected chi connectivity index (χ0v) is 14.4. The molecule has 0 aliphatic carbocycles. The summed E-state index contributed by atoms with van der Waals surface area (Å²) < 4.78 is 7.13. The van der Waals surface area contributed by atoms with Gasteiger partial charge in [-0.25, -0.2) is 9.13 Å². The van der Waals surface area contributed by atoms with Crippen molar-refractivity contribution >= 4 is 22.1 Å². The maximum absolute atomic E-state index is 4.40. The molecule has 1 aliphatic rings. The summed E-state index contributed by atoms with van der Waals surface area (Å²) in [7, 11) is 2.16. The maximum Gasteiger partial charge on any atom is 0.270 e. The van der Waals surface area contributed by atoms with Gasteiger partial charge in [0.2, 0.25) is 5.82 Å². The van der Waals surface area contributed by atoms with E-state index in [0.29, 0.717) is 0 Å². The molecule has 6 rings (SSSR count). The number of fused-ring (bicyclic) bond motifs is 7. The Kier molecular flexibility index (Phi) is 2.57. The van der Waals surface area contributed by atoms with Gasteiger partial charge in [-0.3, -0.25) is 9.55 Å². The molecule has 0 radical (unpaired) electrons. The standard InChI is InChI=1S/C22H17N4/c1-24-19-10-6-5-9-17(19)20-22(24)25-14-15-11-12-23-13-18(15)21(25)26(20)16-7-3-2-4-8-16/h2-13H,14H2,1H3/q+1. The monoisotopic (exact) mass is 337 g/mol. The molecule has 2 aromatic carbocycles. The zero-order valence-electron chi connectivity index (χ0n) is 14.4. The average Bonchev–Trinajstić information content (AvgIpc) is 3.31. The maximum atomic E-state index is 4.40. The Morgan fingerprint density at radius 2 is 1.77 bits per heavy atom. The number of imidazole rings is 1. The molecule has 0 N–H and O–H groups in total. The van der Waals surface area contributed by atoms with Crippen molar-refractivity contribution in [3.8, 4) is 17.1 Å². The van der Waals surface area contributed by atoms with Gasteiger partial charge in [0.15, 0.2) is 5.52 Å². The Morgan fingerprint density at radius 3 is 2.65 bits per heavy atom. The van der Waals surface area contributed by atoms with Crippen LogP contribution in [0.25, 0.3) is 39.1 Å². The SMILES string of the molecule is Cn1c2ccccc2c2c1[n+]1c(n2-c2ccccc2)-c2cnccc2C1. The van der Waals surface area contributed by atoms with Crippen molar-refractivity contribution in [3.05, 3.63) is 78.6 Å². The lowest BCUT2D eigenvalue weighted by atomic mass is 10.1. The van der Waals surface area contributed by atoms with E-state index in [4.69, 9.17) is 0 Å². The van der Waals surface area contributed by atoms with Gasteiger partial charge in [0.1, 0.15) is 11.2 Å². The smallest absolute Gasteiger partial charge is 0.264 e. The topological polar surface area (TPSA) is 26.6 Å². The predicted octanol–water partition coefficient (Wildman–Crippen LogP) is 3.83. The summed E-state index contributed by atoms with van der Waals surface area (Å²) in [5.74, 6) is 1.21. The fraction of sp³-hybridized carbons (Fsp3) is 0.0909. The number of nitrogens with zero attached hydrogens (tertiary/aromatic N) is 4. The first kappa shape index (κ1) is 13.8. The molecule has 0 saturated carbocycles. The normalized spacial score (nSPS) is 12.7. The van der Waals surface area contributed by atoms with Crippen LogP contribution in [0.5, 0.6) is 0 Å². The molecule has 0 amide bonds. The van der Waals surface area contributed by atoms with Crippen molar-refractivity contribution in [1.82, 2.24) is 14.1 Å². The third-order valence-corrected chi connectivity index (χ3v) is 5.49. The fourth-order valence-corrected chi connectivity index (χ4v) is 4.39.